The van der Waals surface area contributed by atoms with Crippen molar-refractivity contribution in [3.8, 4) is 0 Å². The molecule has 2 saturated heterocycles. The number of anilines is 1. The second-order valence-corrected chi connectivity index (χ2v) is 10.9. The lowest BCUT2D eigenvalue weighted by molar-refractivity contribution is 0.118. The third-order valence-electron chi connectivity index (χ3n) is 7.66. The van der Waals surface area contributed by atoms with Gasteiger partial charge in [-0.15, -0.1) is 0 Å². The van der Waals surface area contributed by atoms with Crippen LogP contribution in [0.3, 0.4) is 0 Å². The van der Waals surface area contributed by atoms with Crippen LogP contribution in [0.15, 0.2) is 24.4 Å². The number of rotatable bonds is 7. The minimum atomic E-state index is -0.372. The molecule has 1 amide bonds. The third-order valence-corrected chi connectivity index (χ3v) is 8.23. The van der Waals surface area contributed by atoms with Gasteiger partial charge in [0, 0.05) is 42.8 Å². The van der Waals surface area contributed by atoms with E-state index >= 15 is 0 Å². The zero-order valence-electron chi connectivity index (χ0n) is 21.5. The Morgan fingerprint density at radius 1 is 1.24 bits per heavy atom. The van der Waals surface area contributed by atoms with Crippen LogP contribution in [0.5, 0.6) is 0 Å². The maximum absolute atomic E-state index is 11.3. The predicted molar refractivity (Wildman–Crippen MR) is 146 cm³/mol. The summed E-state index contributed by atoms with van der Waals surface area (Å²) in [6.45, 7) is 9.58. The van der Waals surface area contributed by atoms with Crippen LogP contribution in [0.1, 0.15) is 37.1 Å². The molecule has 2 fully saturated rings. The summed E-state index contributed by atoms with van der Waals surface area (Å²) in [5.74, 6) is 2.17. The normalized spacial score (nSPS) is 19.6. The van der Waals surface area contributed by atoms with Crippen molar-refractivity contribution < 1.29 is 9.53 Å². The molecule has 0 aliphatic carbocycles. The highest BCUT2D eigenvalue weighted by Crippen LogP contribution is 2.35. The molecule has 198 valence electrons. The van der Waals surface area contributed by atoms with Gasteiger partial charge in [-0.2, -0.15) is 5.10 Å². The van der Waals surface area contributed by atoms with Crippen LogP contribution in [0.2, 0.25) is 10.0 Å². The molecule has 4 heterocycles. The number of hydrogen-bond donors (Lipinski definition) is 1. The number of alkyl carbamates (subject to hydrolysis) is 1. The first kappa shape index (κ1) is 26.0. The van der Waals surface area contributed by atoms with E-state index in [2.05, 4.69) is 26.8 Å². The van der Waals surface area contributed by atoms with Crippen molar-refractivity contribution in [3.05, 3.63) is 45.7 Å². The Hall–Kier alpha value is -2.62. The number of hydrogen-bond acceptors (Lipinski definition) is 7. The van der Waals surface area contributed by atoms with Crippen LogP contribution in [0, 0.1) is 18.8 Å². The number of amides is 1. The van der Waals surface area contributed by atoms with Crippen LogP contribution in [-0.4, -0.2) is 77.1 Å². The molecule has 2 aliphatic heterocycles. The fourth-order valence-electron chi connectivity index (χ4n) is 5.50. The summed E-state index contributed by atoms with van der Waals surface area (Å²) in [7, 11) is 1.39. The number of methoxy groups -OCH3 is 1. The number of nitrogens with one attached hydrogen (secondary N) is 1. The maximum Gasteiger partial charge on any atom is 0.406 e. The summed E-state index contributed by atoms with van der Waals surface area (Å²) in [5, 5.41) is 8.75. The number of piperidine rings is 1. The summed E-state index contributed by atoms with van der Waals surface area (Å²) in [5.41, 5.74) is 3.35. The molecule has 0 bridgehead atoms. The van der Waals surface area contributed by atoms with Crippen molar-refractivity contribution in [3.63, 3.8) is 0 Å². The monoisotopic (exact) mass is 545 g/mol. The van der Waals surface area contributed by atoms with E-state index in [9.17, 15) is 4.79 Å². The standard InChI is InChI=1S/C26H33Cl2N7O2/c1-16-24-25(35(32-16)17(2)21-7-6-20(27)11-22(21)28)31-23(12-30-24)34-14-19(15-34)18-5-4-9-33(13-18)10-8-29-26(36)37-3/h6-7,11-12,17-19H,4-5,8-10,13-15H2,1-3H3,(H,29,36)/t17?,18-/m1/s1. The fourth-order valence-corrected chi connectivity index (χ4v) is 6.07. The van der Waals surface area contributed by atoms with E-state index in [1.165, 1.54) is 20.0 Å². The summed E-state index contributed by atoms with van der Waals surface area (Å²) < 4.78 is 6.57. The highest BCUT2D eigenvalue weighted by Gasteiger charge is 2.36. The van der Waals surface area contributed by atoms with E-state index in [0.29, 0.717) is 28.4 Å². The van der Waals surface area contributed by atoms with Crippen molar-refractivity contribution in [2.45, 2.75) is 32.7 Å². The van der Waals surface area contributed by atoms with Gasteiger partial charge in [0.15, 0.2) is 5.65 Å². The average Bonchev–Trinajstić information content (AvgIpc) is 3.19. The number of likely N-dealkylation sites (tertiary alicyclic amines) is 1. The lowest BCUT2D eigenvalue weighted by Gasteiger charge is -2.47. The van der Waals surface area contributed by atoms with Crippen molar-refractivity contribution in [1.82, 2.24) is 30.0 Å². The molecule has 0 saturated carbocycles. The molecule has 2 aliphatic rings. The molecule has 5 rings (SSSR count). The predicted octanol–water partition coefficient (Wildman–Crippen LogP) is 4.56. The van der Waals surface area contributed by atoms with Crippen LogP contribution in [0.25, 0.3) is 11.2 Å². The van der Waals surface area contributed by atoms with E-state index in [4.69, 9.17) is 38.3 Å². The number of ether oxygens (including phenoxy) is 1. The Kier molecular flexibility index (Phi) is 7.74. The SMILES string of the molecule is COC(=O)NCCN1CCC[C@@H](C2CN(c3cnc4c(C)nn(C(C)c5ccc(Cl)cc5Cl)c4n3)C2)C1. The molecule has 3 aromatic rings. The highest BCUT2D eigenvalue weighted by atomic mass is 35.5. The number of carbonyl (C=O) groups is 1. The van der Waals surface area contributed by atoms with Gasteiger partial charge in [-0.1, -0.05) is 29.3 Å². The van der Waals surface area contributed by atoms with Crippen LogP contribution in [0.4, 0.5) is 10.6 Å². The summed E-state index contributed by atoms with van der Waals surface area (Å²) >= 11 is 12.6. The Morgan fingerprint density at radius 3 is 2.81 bits per heavy atom. The second-order valence-electron chi connectivity index (χ2n) is 10.1. The average molecular weight is 547 g/mol. The number of nitrogens with zero attached hydrogens (tertiary/aromatic N) is 6. The first-order valence-corrected chi connectivity index (χ1v) is 13.6. The molecule has 2 atom stereocenters. The van der Waals surface area contributed by atoms with Gasteiger partial charge >= 0.3 is 6.09 Å². The molecule has 9 nitrogen and oxygen atoms in total. The van der Waals surface area contributed by atoms with Crippen molar-refractivity contribution >= 4 is 46.3 Å². The minimum Gasteiger partial charge on any atom is -0.453 e. The molecular formula is C26H33Cl2N7O2. The molecular weight excluding hydrogens is 513 g/mol. The molecule has 37 heavy (non-hydrogen) atoms. The lowest BCUT2D eigenvalue weighted by Crippen LogP contribution is -2.54. The van der Waals surface area contributed by atoms with Crippen molar-refractivity contribution in [2.75, 3.05) is 51.3 Å². The molecule has 0 spiro atoms. The molecule has 1 aromatic carbocycles. The Labute approximate surface area is 227 Å². The zero-order chi connectivity index (χ0) is 26.1. The van der Waals surface area contributed by atoms with Gasteiger partial charge in [0.25, 0.3) is 0 Å². The van der Waals surface area contributed by atoms with E-state index < -0.39 is 0 Å². The molecule has 2 aromatic heterocycles. The number of benzene rings is 1. The number of carbonyl (C=O) groups excluding carboxylic acids is 1. The first-order chi connectivity index (χ1) is 17.8. The number of aromatic nitrogens is 4. The van der Waals surface area contributed by atoms with Gasteiger partial charge in [0.05, 0.1) is 25.0 Å². The van der Waals surface area contributed by atoms with Crippen molar-refractivity contribution in [2.24, 2.45) is 11.8 Å². The van der Waals surface area contributed by atoms with Gasteiger partial charge in [0.1, 0.15) is 11.3 Å². The Morgan fingerprint density at radius 2 is 2.05 bits per heavy atom. The minimum absolute atomic E-state index is 0.114. The molecule has 11 heteroatoms. The topological polar surface area (TPSA) is 88.4 Å². The van der Waals surface area contributed by atoms with E-state index in [-0.39, 0.29) is 12.1 Å². The Bertz CT molecular complexity index is 1280. The lowest BCUT2D eigenvalue weighted by atomic mass is 9.80. The van der Waals surface area contributed by atoms with Crippen LogP contribution >= 0.6 is 23.2 Å². The maximum atomic E-state index is 11.3. The van der Waals surface area contributed by atoms with Gasteiger partial charge in [-0.25, -0.2) is 19.4 Å². The van der Waals surface area contributed by atoms with Gasteiger partial charge in [-0.3, -0.25) is 0 Å². The van der Waals surface area contributed by atoms with Crippen LogP contribution < -0.4 is 10.2 Å². The smallest absolute Gasteiger partial charge is 0.406 e. The van der Waals surface area contributed by atoms with Gasteiger partial charge < -0.3 is 19.9 Å². The molecule has 0 radical (unpaired) electrons. The Balaban J connectivity index is 1.25. The fraction of sp³-hybridized carbons (Fsp3) is 0.538. The van der Waals surface area contributed by atoms with Crippen molar-refractivity contribution in [1.29, 1.82) is 0 Å². The van der Waals surface area contributed by atoms with E-state index in [1.807, 2.05) is 29.9 Å². The van der Waals surface area contributed by atoms with Crippen LogP contribution in [-0.2, 0) is 4.74 Å². The largest absolute Gasteiger partial charge is 0.453 e. The van der Waals surface area contributed by atoms with Gasteiger partial charge in [0.2, 0.25) is 0 Å². The summed E-state index contributed by atoms with van der Waals surface area (Å²) in [4.78, 5) is 25.8. The van der Waals surface area contributed by atoms with Gasteiger partial charge in [-0.05, 0) is 62.8 Å². The second kappa shape index (κ2) is 11.0. The summed E-state index contributed by atoms with van der Waals surface area (Å²) in [6.07, 6.45) is 3.93. The number of halogens is 2. The van der Waals surface area contributed by atoms with E-state index in [1.54, 1.807) is 6.07 Å². The molecule has 1 N–H and O–H groups in total. The molecule has 1 unspecified atom stereocenters. The number of fused-ring (bicyclic) bond motifs is 1. The zero-order valence-corrected chi connectivity index (χ0v) is 23.0. The highest BCUT2D eigenvalue weighted by molar-refractivity contribution is 6.35. The van der Waals surface area contributed by atoms with E-state index in [0.717, 1.165) is 61.0 Å². The number of aryl methyl sites for hydroxylation is 1. The quantitative estimate of drug-likeness (QED) is 0.465. The third kappa shape index (κ3) is 5.49. The summed E-state index contributed by atoms with van der Waals surface area (Å²) in [6, 6.07) is 5.43. The first-order valence-electron chi connectivity index (χ1n) is 12.8.